The molecule has 3 nitrogen and oxygen atoms in total. The summed E-state index contributed by atoms with van der Waals surface area (Å²) in [6, 6.07) is 8.53. The fourth-order valence-electron chi connectivity index (χ4n) is 3.67. The van der Waals surface area contributed by atoms with Crippen LogP contribution in [0.1, 0.15) is 71.8 Å². The molecule has 0 spiro atoms. The van der Waals surface area contributed by atoms with Gasteiger partial charge < -0.3 is 5.32 Å². The molecule has 2 aliphatic rings. The van der Waals surface area contributed by atoms with Gasteiger partial charge in [0.15, 0.2) is 0 Å². The molecule has 1 N–H and O–H groups in total. The highest BCUT2D eigenvalue weighted by Crippen LogP contribution is 2.35. The third-order valence-electron chi connectivity index (χ3n) is 4.96. The summed E-state index contributed by atoms with van der Waals surface area (Å²) in [7, 11) is 0. The number of likely N-dealkylation sites (N-methyl/N-ethyl adjacent to an activating group) is 1. The summed E-state index contributed by atoms with van der Waals surface area (Å²) in [5, 5.41) is 4.95. The average molecular weight is 425 g/mol. The number of hydrogen-bond acceptors (Lipinski definition) is 3. The van der Waals surface area contributed by atoms with Crippen molar-refractivity contribution >= 4 is 23.4 Å². The molecular weight excluding hydrogens is 388 g/mol. The summed E-state index contributed by atoms with van der Waals surface area (Å²) in [5.41, 5.74) is 3.94. The van der Waals surface area contributed by atoms with Crippen molar-refractivity contribution in [2.45, 2.75) is 71.1 Å². The first kappa shape index (κ1) is 24.2. The van der Waals surface area contributed by atoms with Crippen molar-refractivity contribution in [2.75, 3.05) is 6.54 Å². The molecule has 1 fully saturated rings. The van der Waals surface area contributed by atoms with Gasteiger partial charge in [0.1, 0.15) is 0 Å². The van der Waals surface area contributed by atoms with E-state index in [2.05, 4.69) is 48.8 Å². The van der Waals surface area contributed by atoms with Gasteiger partial charge in [-0.3, -0.25) is 9.79 Å². The molecule has 162 valence electrons. The van der Waals surface area contributed by atoms with Crippen LogP contribution >= 0.6 is 11.8 Å². The number of aliphatic imine (C=N–C) groups is 1. The van der Waals surface area contributed by atoms with Gasteiger partial charge >= 0.3 is 0 Å². The smallest absolute Gasteiger partial charge is 0.251 e. The molecule has 4 heteroatoms. The average Bonchev–Trinajstić information content (AvgIpc) is 2.95. The minimum Gasteiger partial charge on any atom is -0.352 e. The first-order chi connectivity index (χ1) is 14.6. The monoisotopic (exact) mass is 424 g/mol. The van der Waals surface area contributed by atoms with E-state index in [0.717, 1.165) is 5.70 Å². The van der Waals surface area contributed by atoms with Gasteiger partial charge in [0.2, 0.25) is 0 Å². The van der Waals surface area contributed by atoms with E-state index < -0.39 is 0 Å². The summed E-state index contributed by atoms with van der Waals surface area (Å²) < 4.78 is 0. The highest BCUT2D eigenvalue weighted by atomic mass is 32.2. The van der Waals surface area contributed by atoms with Crippen LogP contribution in [0, 0.1) is 5.92 Å². The lowest BCUT2D eigenvalue weighted by atomic mass is 9.83. The second-order valence-electron chi connectivity index (χ2n) is 7.65. The number of thioether (sulfide) groups is 1. The fourth-order valence-corrected chi connectivity index (χ4v) is 4.50. The molecule has 1 aliphatic carbocycles. The molecule has 3 rings (SSSR count). The Morgan fingerprint density at radius 2 is 1.87 bits per heavy atom. The zero-order valence-corrected chi connectivity index (χ0v) is 19.7. The number of carbonyl (C=O) groups is 1. The molecule has 0 aromatic heterocycles. The number of nitrogens with zero attached hydrogens (tertiary/aromatic N) is 1. The lowest BCUT2D eigenvalue weighted by Crippen LogP contribution is -2.24. The summed E-state index contributed by atoms with van der Waals surface area (Å²) in [6.07, 6.45) is 13.2. The molecule has 0 radical (unpaired) electrons. The van der Waals surface area contributed by atoms with E-state index in [1.165, 1.54) is 54.7 Å². The van der Waals surface area contributed by atoms with Crippen LogP contribution < -0.4 is 5.32 Å². The van der Waals surface area contributed by atoms with Crippen molar-refractivity contribution in [2.24, 2.45) is 10.9 Å². The summed E-state index contributed by atoms with van der Waals surface area (Å²) in [4.78, 5) is 18.7. The Morgan fingerprint density at radius 3 is 2.53 bits per heavy atom. The Morgan fingerprint density at radius 1 is 1.17 bits per heavy atom. The van der Waals surface area contributed by atoms with Crippen molar-refractivity contribution in [1.29, 1.82) is 0 Å². The number of carbonyl (C=O) groups excluding carboxylic acids is 1. The zero-order valence-electron chi connectivity index (χ0n) is 18.9. The van der Waals surface area contributed by atoms with Gasteiger partial charge in [-0.1, -0.05) is 81.6 Å². The molecule has 0 bridgehead atoms. The number of amides is 1. The molecule has 1 aromatic rings. The van der Waals surface area contributed by atoms with E-state index in [9.17, 15) is 4.79 Å². The maximum absolute atomic E-state index is 12.4. The van der Waals surface area contributed by atoms with Gasteiger partial charge in [0.05, 0.1) is 11.4 Å². The number of hydrogen-bond donors (Lipinski definition) is 1. The zero-order chi connectivity index (χ0) is 21.8. The number of rotatable bonds is 5. The van der Waals surface area contributed by atoms with Gasteiger partial charge in [0.25, 0.3) is 5.91 Å². The number of fused-ring (bicyclic) bond motifs is 1. The number of benzene rings is 1. The Kier molecular flexibility index (Phi) is 10.7. The first-order valence-corrected chi connectivity index (χ1v) is 12.2. The predicted molar refractivity (Wildman–Crippen MR) is 131 cm³/mol. The Hall–Kier alpha value is -2.07. The lowest BCUT2D eigenvalue weighted by Gasteiger charge is -2.24. The highest BCUT2D eigenvalue weighted by Gasteiger charge is 2.24. The third kappa shape index (κ3) is 7.02. The van der Waals surface area contributed by atoms with Crippen molar-refractivity contribution in [3.8, 4) is 0 Å². The quantitative estimate of drug-likeness (QED) is 0.406. The van der Waals surface area contributed by atoms with E-state index in [1.54, 1.807) is 11.8 Å². The van der Waals surface area contributed by atoms with Gasteiger partial charge in [-0.2, -0.15) is 0 Å². The molecule has 1 aliphatic heterocycles. The van der Waals surface area contributed by atoms with Crippen molar-refractivity contribution in [1.82, 2.24) is 5.32 Å². The topological polar surface area (TPSA) is 41.5 Å². The van der Waals surface area contributed by atoms with Crippen LogP contribution in [-0.2, 0) is 4.79 Å². The summed E-state index contributed by atoms with van der Waals surface area (Å²) in [5.74, 6) is 0.447. The molecular formula is C26H36N2OS. The second kappa shape index (κ2) is 13.3. The molecule has 1 amide bonds. The van der Waals surface area contributed by atoms with Crippen LogP contribution in [0.2, 0.25) is 0 Å². The second-order valence-corrected chi connectivity index (χ2v) is 8.57. The predicted octanol–water partition coefficient (Wildman–Crippen LogP) is 7.06. The van der Waals surface area contributed by atoms with E-state index in [0.29, 0.717) is 18.0 Å². The molecule has 1 heterocycles. The highest BCUT2D eigenvalue weighted by molar-refractivity contribution is 8.02. The Balaban J connectivity index is 0.00000101. The molecule has 0 atom stereocenters. The van der Waals surface area contributed by atoms with Crippen LogP contribution in [0.25, 0.3) is 0 Å². The number of allylic oxidation sites excluding steroid dienone is 2. The minimum atomic E-state index is -0.0577. The third-order valence-corrected chi connectivity index (χ3v) is 5.93. The van der Waals surface area contributed by atoms with Gasteiger partial charge in [-0.05, 0) is 38.8 Å². The molecule has 1 aromatic carbocycles. The van der Waals surface area contributed by atoms with Crippen LogP contribution in [0.3, 0.4) is 0 Å². The Labute approximate surface area is 186 Å². The van der Waals surface area contributed by atoms with Gasteiger partial charge in [-0.25, -0.2) is 0 Å². The molecule has 0 unspecified atom stereocenters. The van der Waals surface area contributed by atoms with Crippen LogP contribution in [-0.4, -0.2) is 18.2 Å². The molecule has 1 saturated carbocycles. The summed E-state index contributed by atoms with van der Waals surface area (Å²) in [6.45, 7) is 8.72. The normalized spacial score (nSPS) is 17.3. The van der Waals surface area contributed by atoms with E-state index in [-0.39, 0.29) is 5.91 Å². The van der Waals surface area contributed by atoms with Gasteiger partial charge in [0, 0.05) is 33.9 Å². The van der Waals surface area contributed by atoms with E-state index >= 15 is 0 Å². The van der Waals surface area contributed by atoms with Crippen LogP contribution in [0.15, 0.2) is 69.1 Å². The van der Waals surface area contributed by atoms with Gasteiger partial charge in [-0.15, -0.1) is 0 Å². The first-order valence-electron chi connectivity index (χ1n) is 11.3. The summed E-state index contributed by atoms with van der Waals surface area (Å²) >= 11 is 1.69. The lowest BCUT2D eigenvalue weighted by molar-refractivity contribution is -0.117. The number of nitrogens with one attached hydrogen (secondary N) is 1. The Bertz CT molecular complexity index is 814. The van der Waals surface area contributed by atoms with Crippen molar-refractivity contribution in [3.05, 3.63) is 64.7 Å². The van der Waals surface area contributed by atoms with Crippen molar-refractivity contribution in [3.63, 3.8) is 0 Å². The molecule has 30 heavy (non-hydrogen) atoms. The minimum absolute atomic E-state index is 0.0577. The van der Waals surface area contributed by atoms with Crippen LogP contribution in [0.4, 0.5) is 0 Å². The van der Waals surface area contributed by atoms with E-state index in [1.807, 2.05) is 32.1 Å². The SMILES string of the molecule is C/C=C\C(=C/C1=CSc2ccccc2C(C2CCCCC2)=N1)C(=O)NCC.CCC. The molecule has 0 saturated heterocycles. The van der Waals surface area contributed by atoms with Crippen LogP contribution in [0.5, 0.6) is 0 Å². The maximum Gasteiger partial charge on any atom is 0.251 e. The van der Waals surface area contributed by atoms with Crippen molar-refractivity contribution < 1.29 is 4.79 Å². The maximum atomic E-state index is 12.4. The van der Waals surface area contributed by atoms with E-state index in [4.69, 9.17) is 4.99 Å². The standard InChI is InChI=1S/C23H28N2OS.C3H8/c1-3-10-18(23(26)24-4-2)15-19-16-27-21-14-9-8-13-20(21)22(25-19)17-11-6-5-7-12-17;1-3-2/h3,8-10,13-17H,4-7,11-12H2,1-2H3,(H,24,26);3H2,1-2H3/b10-3-,18-15+;. The largest absolute Gasteiger partial charge is 0.352 e. The fraction of sp³-hybridized carbons (Fsp3) is 0.462.